The van der Waals surface area contributed by atoms with Crippen LogP contribution in [0.2, 0.25) is 0 Å². The molecule has 5 heteroatoms. The average molecular weight is 243 g/mol. The van der Waals surface area contributed by atoms with Gasteiger partial charge in [0.15, 0.2) is 0 Å². The standard InChI is InChI=1S/C11H21N3OS/c1-8(2)13-4-6-14(7-5-13)11(15)9(3)10(12)16/h8-9H,4-7H2,1-3H3,(H2,12,16). The minimum atomic E-state index is -0.333. The monoisotopic (exact) mass is 243 g/mol. The van der Waals surface area contributed by atoms with Crippen molar-refractivity contribution in [2.24, 2.45) is 11.7 Å². The molecule has 0 saturated carbocycles. The van der Waals surface area contributed by atoms with Gasteiger partial charge in [0.1, 0.15) is 0 Å². The summed E-state index contributed by atoms with van der Waals surface area (Å²) in [4.78, 5) is 16.5. The van der Waals surface area contributed by atoms with Gasteiger partial charge in [0.25, 0.3) is 0 Å². The van der Waals surface area contributed by atoms with Gasteiger partial charge in [-0.15, -0.1) is 0 Å². The molecule has 1 aliphatic heterocycles. The fourth-order valence-corrected chi connectivity index (χ4v) is 1.96. The average Bonchev–Trinajstić information content (AvgIpc) is 2.27. The van der Waals surface area contributed by atoms with Crippen molar-refractivity contribution in [2.45, 2.75) is 26.8 Å². The molecule has 0 radical (unpaired) electrons. The van der Waals surface area contributed by atoms with Gasteiger partial charge in [0.05, 0.1) is 10.9 Å². The Labute approximate surface area is 103 Å². The van der Waals surface area contributed by atoms with E-state index in [0.717, 1.165) is 26.2 Å². The first-order valence-corrected chi connectivity index (χ1v) is 6.16. The minimum Gasteiger partial charge on any atom is -0.393 e. The molecule has 92 valence electrons. The Morgan fingerprint density at radius 3 is 2.06 bits per heavy atom. The first-order valence-electron chi connectivity index (χ1n) is 5.75. The van der Waals surface area contributed by atoms with Crippen LogP contribution in [0.3, 0.4) is 0 Å². The third kappa shape index (κ3) is 3.15. The van der Waals surface area contributed by atoms with Crippen LogP contribution in [0.1, 0.15) is 20.8 Å². The van der Waals surface area contributed by atoms with Crippen LogP contribution in [0, 0.1) is 5.92 Å². The highest BCUT2D eigenvalue weighted by Gasteiger charge is 2.26. The molecule has 0 aromatic rings. The highest BCUT2D eigenvalue weighted by molar-refractivity contribution is 7.80. The number of nitrogens with two attached hydrogens (primary N) is 1. The maximum absolute atomic E-state index is 12.0. The number of nitrogens with zero attached hydrogens (tertiary/aromatic N) is 2. The highest BCUT2D eigenvalue weighted by Crippen LogP contribution is 2.09. The number of hydrogen-bond donors (Lipinski definition) is 1. The lowest BCUT2D eigenvalue weighted by Gasteiger charge is -2.37. The van der Waals surface area contributed by atoms with Crippen LogP contribution in [0.15, 0.2) is 0 Å². The van der Waals surface area contributed by atoms with Gasteiger partial charge in [-0.3, -0.25) is 9.69 Å². The molecule has 4 nitrogen and oxygen atoms in total. The maximum atomic E-state index is 12.0. The molecular formula is C11H21N3OS. The molecule has 1 aliphatic rings. The van der Waals surface area contributed by atoms with Crippen LogP contribution in [-0.4, -0.2) is 52.9 Å². The Morgan fingerprint density at radius 1 is 1.19 bits per heavy atom. The summed E-state index contributed by atoms with van der Waals surface area (Å²) in [7, 11) is 0. The molecule has 0 spiro atoms. The largest absolute Gasteiger partial charge is 0.393 e. The van der Waals surface area contributed by atoms with Gasteiger partial charge in [-0.25, -0.2) is 0 Å². The molecule has 1 heterocycles. The number of hydrogen-bond acceptors (Lipinski definition) is 3. The van der Waals surface area contributed by atoms with E-state index in [2.05, 4.69) is 18.7 Å². The molecule has 1 atom stereocenters. The third-order valence-corrected chi connectivity index (χ3v) is 3.51. The van der Waals surface area contributed by atoms with Gasteiger partial charge in [0, 0.05) is 32.2 Å². The fraction of sp³-hybridized carbons (Fsp3) is 0.818. The zero-order valence-corrected chi connectivity index (χ0v) is 11.1. The van der Waals surface area contributed by atoms with E-state index in [1.165, 1.54) is 0 Å². The van der Waals surface area contributed by atoms with Crippen molar-refractivity contribution >= 4 is 23.1 Å². The van der Waals surface area contributed by atoms with E-state index < -0.39 is 0 Å². The number of carbonyl (C=O) groups is 1. The van der Waals surface area contributed by atoms with E-state index in [4.69, 9.17) is 18.0 Å². The van der Waals surface area contributed by atoms with Crippen LogP contribution in [-0.2, 0) is 4.79 Å². The molecule has 1 saturated heterocycles. The lowest BCUT2D eigenvalue weighted by Crippen LogP contribution is -2.52. The van der Waals surface area contributed by atoms with E-state index in [9.17, 15) is 4.79 Å². The van der Waals surface area contributed by atoms with E-state index >= 15 is 0 Å². The van der Waals surface area contributed by atoms with Crippen LogP contribution >= 0.6 is 12.2 Å². The topological polar surface area (TPSA) is 49.6 Å². The molecule has 0 bridgehead atoms. The predicted molar refractivity (Wildman–Crippen MR) is 69.2 cm³/mol. The summed E-state index contributed by atoms with van der Waals surface area (Å²) in [5.74, 6) is -0.267. The molecule has 16 heavy (non-hydrogen) atoms. The molecule has 2 N–H and O–H groups in total. The number of thiocarbonyl (C=S) groups is 1. The summed E-state index contributed by atoms with van der Waals surface area (Å²) in [5.41, 5.74) is 5.49. The Hall–Kier alpha value is -0.680. The van der Waals surface area contributed by atoms with Crippen molar-refractivity contribution in [1.29, 1.82) is 0 Å². The van der Waals surface area contributed by atoms with Gasteiger partial charge in [0.2, 0.25) is 5.91 Å². The first kappa shape index (κ1) is 13.4. The number of amides is 1. The number of carbonyl (C=O) groups excluding carboxylic acids is 1. The van der Waals surface area contributed by atoms with Gasteiger partial charge < -0.3 is 10.6 Å². The van der Waals surface area contributed by atoms with Crippen molar-refractivity contribution < 1.29 is 4.79 Å². The van der Waals surface area contributed by atoms with Crippen LogP contribution in [0.5, 0.6) is 0 Å². The molecule has 0 aromatic carbocycles. The quantitative estimate of drug-likeness (QED) is 0.732. The second kappa shape index (κ2) is 5.59. The van der Waals surface area contributed by atoms with Gasteiger partial charge in [-0.2, -0.15) is 0 Å². The fourth-order valence-electron chi connectivity index (χ4n) is 1.85. The highest BCUT2D eigenvalue weighted by atomic mass is 32.1. The smallest absolute Gasteiger partial charge is 0.232 e. The van der Waals surface area contributed by atoms with Crippen LogP contribution < -0.4 is 5.73 Å². The normalized spacial score (nSPS) is 19.9. The van der Waals surface area contributed by atoms with Crippen molar-refractivity contribution in [3.05, 3.63) is 0 Å². The van der Waals surface area contributed by atoms with E-state index in [-0.39, 0.29) is 16.8 Å². The van der Waals surface area contributed by atoms with E-state index in [0.29, 0.717) is 6.04 Å². The van der Waals surface area contributed by atoms with Crippen molar-refractivity contribution in [2.75, 3.05) is 26.2 Å². The second-order valence-electron chi connectivity index (χ2n) is 4.58. The summed E-state index contributed by atoms with van der Waals surface area (Å²) in [6.45, 7) is 9.57. The summed E-state index contributed by atoms with van der Waals surface area (Å²) in [6, 6.07) is 0.547. The van der Waals surface area contributed by atoms with Gasteiger partial charge >= 0.3 is 0 Å². The van der Waals surface area contributed by atoms with Crippen LogP contribution in [0.4, 0.5) is 0 Å². The predicted octanol–water partition coefficient (Wildman–Crippen LogP) is 0.461. The lowest BCUT2D eigenvalue weighted by molar-refractivity contribution is -0.134. The van der Waals surface area contributed by atoms with Crippen molar-refractivity contribution in [3.63, 3.8) is 0 Å². The number of piperazine rings is 1. The molecule has 0 aliphatic carbocycles. The van der Waals surface area contributed by atoms with E-state index in [1.54, 1.807) is 6.92 Å². The Bertz CT molecular complexity index is 272. The third-order valence-electron chi connectivity index (χ3n) is 3.15. The Balaban J connectivity index is 2.48. The van der Waals surface area contributed by atoms with Gasteiger partial charge in [-0.05, 0) is 20.8 Å². The zero-order valence-electron chi connectivity index (χ0n) is 10.3. The summed E-state index contributed by atoms with van der Waals surface area (Å²) < 4.78 is 0. The molecule has 1 unspecified atom stereocenters. The summed E-state index contributed by atoms with van der Waals surface area (Å²) >= 11 is 4.85. The summed E-state index contributed by atoms with van der Waals surface area (Å²) in [5, 5.41) is 0. The van der Waals surface area contributed by atoms with Crippen LogP contribution in [0.25, 0.3) is 0 Å². The Kier molecular flexibility index (Phi) is 4.68. The maximum Gasteiger partial charge on any atom is 0.232 e. The second-order valence-corrected chi connectivity index (χ2v) is 5.05. The molecule has 1 fully saturated rings. The minimum absolute atomic E-state index is 0.0657. The SMILES string of the molecule is CC(C(=O)N1CCN(C(C)C)CC1)C(N)=S. The van der Waals surface area contributed by atoms with Gasteiger partial charge in [-0.1, -0.05) is 12.2 Å². The molecule has 0 aromatic heterocycles. The van der Waals surface area contributed by atoms with Crippen molar-refractivity contribution in [3.8, 4) is 0 Å². The zero-order chi connectivity index (χ0) is 12.3. The molecular weight excluding hydrogens is 222 g/mol. The summed E-state index contributed by atoms with van der Waals surface area (Å²) in [6.07, 6.45) is 0. The van der Waals surface area contributed by atoms with Crippen molar-refractivity contribution in [1.82, 2.24) is 9.80 Å². The molecule has 1 rings (SSSR count). The number of rotatable bonds is 3. The van der Waals surface area contributed by atoms with E-state index in [1.807, 2.05) is 4.90 Å². The Morgan fingerprint density at radius 2 is 1.69 bits per heavy atom. The first-order chi connectivity index (χ1) is 7.43. The lowest BCUT2D eigenvalue weighted by atomic mass is 10.1. The molecule has 1 amide bonds.